The van der Waals surface area contributed by atoms with Crippen LogP contribution in [0.25, 0.3) is 0 Å². The van der Waals surface area contributed by atoms with Crippen molar-refractivity contribution in [3.63, 3.8) is 0 Å². The van der Waals surface area contributed by atoms with Gasteiger partial charge in [-0.25, -0.2) is 0 Å². The Morgan fingerprint density at radius 3 is 2.83 bits per heavy atom. The number of carbonyl (C=O) groups excluding carboxylic acids is 1. The van der Waals surface area contributed by atoms with Crippen LogP contribution in [0.15, 0.2) is 24.3 Å². The van der Waals surface area contributed by atoms with Crippen molar-refractivity contribution in [2.75, 3.05) is 31.9 Å². The summed E-state index contributed by atoms with van der Waals surface area (Å²) in [6.45, 7) is 3.35. The number of rotatable bonds is 4. The van der Waals surface area contributed by atoms with Crippen molar-refractivity contribution in [2.45, 2.75) is 19.3 Å². The van der Waals surface area contributed by atoms with Gasteiger partial charge in [-0.3, -0.25) is 9.69 Å². The van der Waals surface area contributed by atoms with Gasteiger partial charge in [-0.1, -0.05) is 12.1 Å². The molecule has 1 amide bonds. The van der Waals surface area contributed by atoms with E-state index in [1.54, 1.807) is 0 Å². The highest BCUT2D eigenvalue weighted by atomic mass is 16.2. The van der Waals surface area contributed by atoms with E-state index in [0.29, 0.717) is 6.54 Å². The molecule has 0 radical (unpaired) electrons. The molecule has 1 aliphatic rings. The number of nitrogen functional groups attached to an aromatic ring is 1. The number of carbonyl (C=O) groups is 1. The summed E-state index contributed by atoms with van der Waals surface area (Å²) in [5.74, 6) is 0.153. The van der Waals surface area contributed by atoms with E-state index in [2.05, 4.69) is 22.3 Å². The smallest absolute Gasteiger partial charge is 0.234 e. The second-order valence-electron chi connectivity index (χ2n) is 4.82. The topological polar surface area (TPSA) is 58.4 Å². The molecule has 98 valence electrons. The molecule has 1 heterocycles. The molecule has 0 unspecified atom stereocenters. The van der Waals surface area contributed by atoms with Crippen LogP contribution in [0.4, 0.5) is 5.69 Å². The van der Waals surface area contributed by atoms with Crippen LogP contribution in [0.5, 0.6) is 0 Å². The summed E-state index contributed by atoms with van der Waals surface area (Å²) in [5, 5.41) is 2.89. The lowest BCUT2D eigenvalue weighted by Gasteiger charge is -2.18. The van der Waals surface area contributed by atoms with Crippen LogP contribution in [0.3, 0.4) is 0 Å². The monoisotopic (exact) mass is 247 g/mol. The average molecular weight is 247 g/mol. The second-order valence-corrected chi connectivity index (χ2v) is 4.82. The highest BCUT2D eigenvalue weighted by Gasteiger charge is 2.13. The van der Waals surface area contributed by atoms with Crippen LogP contribution in [-0.2, 0) is 11.2 Å². The van der Waals surface area contributed by atoms with Crippen molar-refractivity contribution >= 4 is 11.6 Å². The highest BCUT2D eigenvalue weighted by Crippen LogP contribution is 2.08. The summed E-state index contributed by atoms with van der Waals surface area (Å²) in [4.78, 5) is 13.6. The first kappa shape index (κ1) is 12.9. The Labute approximate surface area is 108 Å². The number of aryl methyl sites for hydroxylation is 1. The highest BCUT2D eigenvalue weighted by molar-refractivity contribution is 5.78. The van der Waals surface area contributed by atoms with Crippen LogP contribution in [0.1, 0.15) is 18.4 Å². The van der Waals surface area contributed by atoms with Crippen molar-refractivity contribution in [1.29, 1.82) is 0 Å². The minimum Gasteiger partial charge on any atom is -0.399 e. The molecule has 1 aromatic rings. The molecule has 0 aliphatic carbocycles. The summed E-state index contributed by atoms with van der Waals surface area (Å²) >= 11 is 0. The number of hydrogen-bond donors (Lipinski definition) is 2. The van der Waals surface area contributed by atoms with Gasteiger partial charge in [0.15, 0.2) is 0 Å². The number of benzene rings is 1. The van der Waals surface area contributed by atoms with E-state index in [-0.39, 0.29) is 5.91 Å². The molecule has 0 atom stereocenters. The SMILES string of the molecule is Nc1ccc(CCCN2CCCNC(=O)C2)cc1. The van der Waals surface area contributed by atoms with Crippen molar-refractivity contribution in [1.82, 2.24) is 10.2 Å². The summed E-state index contributed by atoms with van der Waals surface area (Å²) in [6.07, 6.45) is 3.17. The van der Waals surface area contributed by atoms with Crippen molar-refractivity contribution in [2.24, 2.45) is 0 Å². The number of nitrogens with one attached hydrogen (secondary N) is 1. The molecular formula is C14H21N3O. The van der Waals surface area contributed by atoms with Crippen LogP contribution in [0.2, 0.25) is 0 Å². The standard InChI is InChI=1S/C14H21N3O/c15-13-6-4-12(5-7-13)3-1-9-17-10-2-8-16-14(18)11-17/h4-7H,1-3,8-11,15H2,(H,16,18). The van der Waals surface area contributed by atoms with Crippen molar-refractivity contribution < 1.29 is 4.79 Å². The third-order valence-corrected chi connectivity index (χ3v) is 3.26. The van der Waals surface area contributed by atoms with Gasteiger partial charge >= 0.3 is 0 Å². The second kappa shape index (κ2) is 6.40. The predicted molar refractivity (Wildman–Crippen MR) is 73.2 cm³/mol. The van der Waals surface area contributed by atoms with Gasteiger partial charge in [-0.05, 0) is 43.5 Å². The summed E-state index contributed by atoms with van der Waals surface area (Å²) < 4.78 is 0. The predicted octanol–water partition coefficient (Wildman–Crippen LogP) is 1.02. The molecule has 18 heavy (non-hydrogen) atoms. The van der Waals surface area contributed by atoms with Gasteiger partial charge in [0.05, 0.1) is 6.54 Å². The minimum atomic E-state index is 0.153. The lowest BCUT2D eigenvalue weighted by molar-refractivity contribution is -0.121. The van der Waals surface area contributed by atoms with E-state index in [0.717, 1.165) is 44.6 Å². The van der Waals surface area contributed by atoms with Crippen LogP contribution >= 0.6 is 0 Å². The Morgan fingerprint density at radius 1 is 1.28 bits per heavy atom. The van der Waals surface area contributed by atoms with Crippen LogP contribution in [-0.4, -0.2) is 37.0 Å². The number of nitrogens with zero attached hydrogens (tertiary/aromatic N) is 1. The lowest BCUT2D eigenvalue weighted by atomic mass is 10.1. The Balaban J connectivity index is 1.74. The molecule has 1 aliphatic heterocycles. The fourth-order valence-corrected chi connectivity index (χ4v) is 2.25. The third kappa shape index (κ3) is 4.04. The van der Waals surface area contributed by atoms with E-state index in [4.69, 9.17) is 5.73 Å². The first-order valence-electron chi connectivity index (χ1n) is 6.57. The zero-order chi connectivity index (χ0) is 12.8. The molecule has 0 saturated carbocycles. The van der Waals surface area contributed by atoms with Crippen molar-refractivity contribution in [3.8, 4) is 0 Å². The van der Waals surface area contributed by atoms with Gasteiger partial charge in [-0.15, -0.1) is 0 Å². The number of nitrogens with two attached hydrogens (primary N) is 1. The van der Waals surface area contributed by atoms with Crippen molar-refractivity contribution in [3.05, 3.63) is 29.8 Å². The number of amides is 1. The zero-order valence-corrected chi connectivity index (χ0v) is 10.7. The maximum Gasteiger partial charge on any atom is 0.234 e. The molecule has 3 N–H and O–H groups in total. The van der Waals surface area contributed by atoms with E-state index in [1.165, 1.54) is 5.56 Å². The number of anilines is 1. The Kier molecular flexibility index (Phi) is 4.59. The maximum atomic E-state index is 11.4. The van der Waals surface area contributed by atoms with Gasteiger partial charge in [0, 0.05) is 18.8 Å². The fourth-order valence-electron chi connectivity index (χ4n) is 2.25. The summed E-state index contributed by atoms with van der Waals surface area (Å²) in [6, 6.07) is 8.03. The molecular weight excluding hydrogens is 226 g/mol. The fraction of sp³-hybridized carbons (Fsp3) is 0.500. The summed E-state index contributed by atoms with van der Waals surface area (Å²) in [5.41, 5.74) is 7.77. The van der Waals surface area contributed by atoms with E-state index in [9.17, 15) is 4.79 Å². The molecule has 0 aromatic heterocycles. The third-order valence-electron chi connectivity index (χ3n) is 3.26. The molecule has 2 rings (SSSR count). The molecule has 0 spiro atoms. The summed E-state index contributed by atoms with van der Waals surface area (Å²) in [7, 11) is 0. The van der Waals surface area contributed by atoms with E-state index < -0.39 is 0 Å². The molecule has 1 aromatic carbocycles. The molecule has 4 nitrogen and oxygen atoms in total. The molecule has 4 heteroatoms. The Bertz CT molecular complexity index is 389. The lowest BCUT2D eigenvalue weighted by Crippen LogP contribution is -2.33. The Hall–Kier alpha value is -1.55. The quantitative estimate of drug-likeness (QED) is 0.781. The zero-order valence-electron chi connectivity index (χ0n) is 10.7. The Morgan fingerprint density at radius 2 is 2.06 bits per heavy atom. The first-order valence-corrected chi connectivity index (χ1v) is 6.57. The average Bonchev–Trinajstić information content (AvgIpc) is 2.56. The van der Waals surface area contributed by atoms with Gasteiger partial charge in [0.1, 0.15) is 0 Å². The molecule has 1 saturated heterocycles. The van der Waals surface area contributed by atoms with E-state index >= 15 is 0 Å². The van der Waals surface area contributed by atoms with Gasteiger partial charge in [0.2, 0.25) is 5.91 Å². The van der Waals surface area contributed by atoms with Gasteiger partial charge in [-0.2, -0.15) is 0 Å². The largest absolute Gasteiger partial charge is 0.399 e. The molecule has 0 bridgehead atoms. The van der Waals surface area contributed by atoms with Gasteiger partial charge < -0.3 is 11.1 Å². The first-order chi connectivity index (χ1) is 8.74. The van der Waals surface area contributed by atoms with Gasteiger partial charge in [0.25, 0.3) is 0 Å². The maximum absolute atomic E-state index is 11.4. The van der Waals surface area contributed by atoms with Crippen LogP contribution in [0, 0.1) is 0 Å². The van der Waals surface area contributed by atoms with E-state index in [1.807, 2.05) is 12.1 Å². The molecule has 1 fully saturated rings. The van der Waals surface area contributed by atoms with Crippen LogP contribution < -0.4 is 11.1 Å². The minimum absolute atomic E-state index is 0.153. The normalized spacial score (nSPS) is 17.2. The number of hydrogen-bond acceptors (Lipinski definition) is 3.